The molecule has 2 aromatic rings. The molecule has 0 saturated heterocycles. The third kappa shape index (κ3) is 5.27. The molecule has 43 heavy (non-hydrogen) atoms. The van der Waals surface area contributed by atoms with Crippen LogP contribution in [0.4, 0.5) is 5.69 Å². The van der Waals surface area contributed by atoms with Crippen LogP contribution in [0, 0.1) is 23.7 Å². The maximum atomic E-state index is 13.4. The molecule has 3 aliphatic heterocycles. The molecule has 3 heterocycles. The lowest BCUT2D eigenvalue weighted by atomic mass is 9.64. The minimum absolute atomic E-state index is 0.0444. The minimum atomic E-state index is -3.82. The molecule has 0 radical (unpaired) electrons. The molecule has 1 saturated carbocycles. The number of hydrogen-bond donors (Lipinski definition) is 1. The average molecular weight is 625 g/mol. The summed E-state index contributed by atoms with van der Waals surface area (Å²) in [4.78, 5) is 15.8. The van der Waals surface area contributed by atoms with Crippen LogP contribution in [0.25, 0.3) is 0 Å². The monoisotopic (exact) mass is 624 g/mol. The van der Waals surface area contributed by atoms with Crippen LogP contribution >= 0.6 is 11.6 Å². The molecule has 6 aliphatic rings. The number of amides is 1. The molecule has 1 fully saturated rings. The Kier molecular flexibility index (Phi) is 7.54. The van der Waals surface area contributed by atoms with Gasteiger partial charge in [0.15, 0.2) is 0 Å². The lowest BCUT2D eigenvalue weighted by Crippen LogP contribution is -2.50. The summed E-state index contributed by atoms with van der Waals surface area (Å²) in [5, 5.41) is 0.755. The van der Waals surface area contributed by atoms with Gasteiger partial charge in [0.2, 0.25) is 10.0 Å². The summed E-state index contributed by atoms with van der Waals surface area (Å²) in [6.45, 7) is 4.13. The summed E-state index contributed by atoms with van der Waals surface area (Å²) in [5.74, 6) is 1.05. The summed E-state index contributed by atoms with van der Waals surface area (Å²) in [6.07, 6.45) is 9.18. The van der Waals surface area contributed by atoms with Crippen LogP contribution in [-0.2, 0) is 26.6 Å². The third-order valence-corrected chi connectivity index (χ3v) is 12.5. The molecule has 7 nitrogen and oxygen atoms in total. The SMILES string of the molecule is CC[C@@H]1CS(=O)(=O)NC(=O)c2ccc3c(c2)N(C[C@@H]2CC[C@H]2[C@H](OC)C2=CC1C2)C[C@@]1(CCCc2cc(Cl)ccc21)CO3. The van der Waals surface area contributed by atoms with Gasteiger partial charge in [-0.15, -0.1) is 0 Å². The Hall–Kier alpha value is -2.55. The Morgan fingerprint density at radius 3 is 2.77 bits per heavy atom. The number of rotatable bonds is 2. The van der Waals surface area contributed by atoms with Crippen molar-refractivity contribution < 1.29 is 22.7 Å². The van der Waals surface area contributed by atoms with E-state index in [9.17, 15) is 13.2 Å². The number of ether oxygens (including phenoxy) is 2. The van der Waals surface area contributed by atoms with Gasteiger partial charge in [-0.2, -0.15) is 0 Å². The standard InChI is InChI=1S/C34H41ClN2O5S/c1-3-21-18-43(39,40)36-33(38)23-7-11-31-30(16-23)37(17-24-6-9-28(24)32(41-2)26-13-25(21)14-26)19-34(20-42-31)12-4-5-22-15-27(35)8-10-29(22)34/h7-8,10-11,13,15-16,21,24-25,28,32H,3-6,9,12,14,17-20H2,1-2H3,(H,36,38)/t21-,24+,25?,28-,32-,34+/m1/s1. The van der Waals surface area contributed by atoms with Crippen molar-refractivity contribution in [3.63, 3.8) is 0 Å². The number of benzene rings is 2. The largest absolute Gasteiger partial charge is 0.490 e. The van der Waals surface area contributed by atoms with E-state index in [-0.39, 0.29) is 29.1 Å². The number of sulfonamides is 1. The first-order valence-electron chi connectivity index (χ1n) is 15.8. The van der Waals surface area contributed by atoms with Gasteiger partial charge in [0.05, 0.1) is 24.2 Å². The Labute approximate surface area is 260 Å². The first-order chi connectivity index (χ1) is 20.7. The Morgan fingerprint density at radius 1 is 1.19 bits per heavy atom. The molecule has 3 aliphatic carbocycles. The second kappa shape index (κ2) is 11.1. The number of carbonyl (C=O) groups excluding carboxylic acids is 1. The third-order valence-electron chi connectivity index (χ3n) is 10.9. The summed E-state index contributed by atoms with van der Waals surface area (Å²) in [6, 6.07) is 11.6. The fourth-order valence-electron chi connectivity index (χ4n) is 8.45. The number of hydrogen-bond acceptors (Lipinski definition) is 6. The quantitative estimate of drug-likeness (QED) is 0.419. The maximum Gasteiger partial charge on any atom is 0.264 e. The molecule has 2 aromatic carbocycles. The van der Waals surface area contributed by atoms with E-state index in [1.165, 1.54) is 16.7 Å². The highest BCUT2D eigenvalue weighted by Crippen LogP contribution is 2.49. The van der Waals surface area contributed by atoms with Crippen LogP contribution in [-0.4, -0.2) is 53.0 Å². The number of anilines is 1. The molecular formula is C34H41ClN2O5S. The van der Waals surface area contributed by atoms with Crippen LogP contribution in [0.15, 0.2) is 48.0 Å². The van der Waals surface area contributed by atoms with E-state index in [2.05, 4.69) is 27.8 Å². The van der Waals surface area contributed by atoms with Crippen molar-refractivity contribution in [2.24, 2.45) is 23.7 Å². The predicted molar refractivity (Wildman–Crippen MR) is 168 cm³/mol. The zero-order chi connectivity index (χ0) is 29.9. The average Bonchev–Trinajstić information content (AvgIpc) is 3.09. The summed E-state index contributed by atoms with van der Waals surface area (Å²) < 4.78 is 41.5. The van der Waals surface area contributed by atoms with E-state index in [0.29, 0.717) is 24.0 Å². The Bertz CT molecular complexity index is 1570. The number of carbonyl (C=O) groups is 1. The molecule has 9 heteroatoms. The summed E-state index contributed by atoms with van der Waals surface area (Å²) in [7, 11) is -2.01. The highest BCUT2D eigenvalue weighted by molar-refractivity contribution is 7.90. The molecule has 0 aromatic heterocycles. The van der Waals surface area contributed by atoms with E-state index in [1.54, 1.807) is 6.07 Å². The first-order valence-corrected chi connectivity index (χ1v) is 17.8. The van der Waals surface area contributed by atoms with Crippen molar-refractivity contribution in [1.82, 2.24) is 4.72 Å². The Morgan fingerprint density at radius 2 is 2.02 bits per heavy atom. The molecule has 1 spiro atoms. The number of nitrogens with one attached hydrogen (secondary N) is 1. The van der Waals surface area contributed by atoms with E-state index in [4.69, 9.17) is 21.1 Å². The Balaban J connectivity index is 1.30. The van der Waals surface area contributed by atoms with E-state index < -0.39 is 15.9 Å². The van der Waals surface area contributed by atoms with E-state index in [1.807, 2.05) is 32.2 Å². The zero-order valence-corrected chi connectivity index (χ0v) is 26.6. The maximum absolute atomic E-state index is 13.4. The molecular weight excluding hydrogens is 584 g/mol. The van der Waals surface area contributed by atoms with Gasteiger partial charge in [-0.25, -0.2) is 13.1 Å². The van der Waals surface area contributed by atoms with Crippen molar-refractivity contribution in [2.45, 2.75) is 63.4 Å². The fourth-order valence-corrected chi connectivity index (χ4v) is 10.2. The van der Waals surface area contributed by atoms with Crippen molar-refractivity contribution >= 4 is 33.2 Å². The van der Waals surface area contributed by atoms with Crippen LogP contribution in [0.5, 0.6) is 5.75 Å². The van der Waals surface area contributed by atoms with Crippen LogP contribution in [0.2, 0.25) is 5.02 Å². The fraction of sp³-hybridized carbons (Fsp3) is 0.559. The van der Waals surface area contributed by atoms with Crippen LogP contribution in [0.1, 0.15) is 66.9 Å². The van der Waals surface area contributed by atoms with Gasteiger partial charge in [0.25, 0.3) is 5.91 Å². The van der Waals surface area contributed by atoms with Crippen molar-refractivity contribution in [3.8, 4) is 5.75 Å². The van der Waals surface area contributed by atoms with E-state index >= 15 is 0 Å². The van der Waals surface area contributed by atoms with Crippen LogP contribution in [0.3, 0.4) is 0 Å². The molecule has 8 rings (SSSR count). The van der Waals surface area contributed by atoms with Gasteiger partial charge in [0, 0.05) is 36.2 Å². The number of allylic oxidation sites excluding steroid dienone is 1. The van der Waals surface area contributed by atoms with E-state index in [0.717, 1.165) is 74.5 Å². The molecule has 1 amide bonds. The molecule has 4 bridgehead atoms. The highest BCUT2D eigenvalue weighted by atomic mass is 35.5. The second-order valence-corrected chi connectivity index (χ2v) is 15.6. The second-order valence-electron chi connectivity index (χ2n) is 13.4. The van der Waals surface area contributed by atoms with Gasteiger partial charge in [-0.05, 0) is 109 Å². The lowest BCUT2D eigenvalue weighted by molar-refractivity contribution is -0.000490. The van der Waals surface area contributed by atoms with Crippen molar-refractivity contribution in [3.05, 3.63) is 69.8 Å². The van der Waals surface area contributed by atoms with Crippen LogP contribution < -0.4 is 14.4 Å². The number of nitrogens with zero attached hydrogens (tertiary/aromatic N) is 1. The molecule has 1 N–H and O–H groups in total. The zero-order valence-electron chi connectivity index (χ0n) is 25.0. The van der Waals surface area contributed by atoms with Gasteiger partial charge in [-0.3, -0.25) is 4.79 Å². The molecule has 1 unspecified atom stereocenters. The van der Waals surface area contributed by atoms with Gasteiger partial charge >= 0.3 is 0 Å². The smallest absolute Gasteiger partial charge is 0.264 e. The number of aryl methyl sites for hydroxylation is 1. The van der Waals surface area contributed by atoms with Gasteiger partial charge in [0.1, 0.15) is 5.75 Å². The molecule has 230 valence electrons. The predicted octanol–water partition coefficient (Wildman–Crippen LogP) is 5.90. The highest BCUT2D eigenvalue weighted by Gasteiger charge is 2.46. The lowest BCUT2D eigenvalue weighted by Gasteiger charge is -2.48. The van der Waals surface area contributed by atoms with Gasteiger partial charge in [-0.1, -0.05) is 37.1 Å². The first kappa shape index (κ1) is 29.2. The minimum Gasteiger partial charge on any atom is -0.490 e. The normalized spacial score (nSPS) is 33.0. The number of methoxy groups -OCH3 is 1. The number of halogens is 1. The summed E-state index contributed by atoms with van der Waals surface area (Å²) in [5.41, 5.74) is 4.83. The number of fused-ring (bicyclic) bond motifs is 6. The topological polar surface area (TPSA) is 84.9 Å². The van der Waals surface area contributed by atoms with Crippen molar-refractivity contribution in [1.29, 1.82) is 0 Å². The summed E-state index contributed by atoms with van der Waals surface area (Å²) >= 11 is 6.42. The molecule has 6 atom stereocenters. The van der Waals surface area contributed by atoms with Gasteiger partial charge < -0.3 is 14.4 Å². The van der Waals surface area contributed by atoms with Crippen molar-refractivity contribution in [2.75, 3.05) is 37.5 Å².